The number of hydrogen-bond acceptors (Lipinski definition) is 4. The molecular formula is C14H18N4O2. The van der Waals surface area contributed by atoms with Crippen molar-refractivity contribution >= 4 is 16.9 Å². The van der Waals surface area contributed by atoms with E-state index in [-0.39, 0.29) is 17.9 Å². The third-order valence-electron chi connectivity index (χ3n) is 3.90. The summed E-state index contributed by atoms with van der Waals surface area (Å²) < 4.78 is 0. The monoisotopic (exact) mass is 274 g/mol. The second kappa shape index (κ2) is 5.22. The van der Waals surface area contributed by atoms with E-state index in [2.05, 4.69) is 15.3 Å². The van der Waals surface area contributed by atoms with Gasteiger partial charge in [0.05, 0.1) is 23.5 Å². The SMILES string of the molecule is N[C@@H]1C[C@H](C(=O)NCc2ccc3nc[nH]c3c2)C[C@H]1O. The van der Waals surface area contributed by atoms with Crippen molar-refractivity contribution in [2.24, 2.45) is 11.7 Å². The third-order valence-corrected chi connectivity index (χ3v) is 3.90. The molecule has 0 radical (unpaired) electrons. The van der Waals surface area contributed by atoms with Gasteiger partial charge >= 0.3 is 0 Å². The topological polar surface area (TPSA) is 104 Å². The van der Waals surface area contributed by atoms with Gasteiger partial charge < -0.3 is 21.1 Å². The van der Waals surface area contributed by atoms with Gasteiger partial charge in [0.2, 0.25) is 5.91 Å². The summed E-state index contributed by atoms with van der Waals surface area (Å²) in [6.07, 6.45) is 2.08. The summed E-state index contributed by atoms with van der Waals surface area (Å²) in [7, 11) is 0. The predicted molar refractivity (Wildman–Crippen MR) is 74.6 cm³/mol. The van der Waals surface area contributed by atoms with Crippen molar-refractivity contribution in [1.82, 2.24) is 15.3 Å². The number of imidazole rings is 1. The van der Waals surface area contributed by atoms with Crippen molar-refractivity contribution in [3.05, 3.63) is 30.1 Å². The molecule has 5 N–H and O–H groups in total. The Labute approximate surface area is 116 Å². The van der Waals surface area contributed by atoms with Crippen LogP contribution in [-0.2, 0) is 11.3 Å². The van der Waals surface area contributed by atoms with Gasteiger partial charge in [0.15, 0.2) is 0 Å². The van der Waals surface area contributed by atoms with Crippen LogP contribution < -0.4 is 11.1 Å². The molecule has 1 aliphatic carbocycles. The number of aliphatic hydroxyl groups is 1. The van der Waals surface area contributed by atoms with Crippen molar-refractivity contribution in [2.45, 2.75) is 31.5 Å². The Hall–Kier alpha value is -1.92. The minimum atomic E-state index is -0.563. The molecule has 3 rings (SSSR count). The number of nitrogens with zero attached hydrogens (tertiary/aromatic N) is 1. The minimum Gasteiger partial charge on any atom is -0.391 e. The lowest BCUT2D eigenvalue weighted by atomic mass is 10.1. The molecule has 0 spiro atoms. The highest BCUT2D eigenvalue weighted by Crippen LogP contribution is 2.24. The van der Waals surface area contributed by atoms with Gasteiger partial charge in [-0.3, -0.25) is 4.79 Å². The number of carbonyl (C=O) groups excluding carboxylic acids is 1. The molecule has 0 unspecified atom stereocenters. The highest BCUT2D eigenvalue weighted by atomic mass is 16.3. The van der Waals surface area contributed by atoms with Crippen molar-refractivity contribution in [3.8, 4) is 0 Å². The van der Waals surface area contributed by atoms with E-state index in [1.54, 1.807) is 6.33 Å². The van der Waals surface area contributed by atoms with Crippen LogP contribution in [0, 0.1) is 5.92 Å². The quantitative estimate of drug-likeness (QED) is 0.645. The van der Waals surface area contributed by atoms with Crippen LogP contribution in [0.1, 0.15) is 18.4 Å². The summed E-state index contributed by atoms with van der Waals surface area (Å²) in [6.45, 7) is 0.468. The van der Waals surface area contributed by atoms with Crippen LogP contribution >= 0.6 is 0 Å². The number of nitrogens with two attached hydrogens (primary N) is 1. The van der Waals surface area contributed by atoms with Crippen LogP contribution in [0.4, 0.5) is 0 Å². The Morgan fingerprint density at radius 2 is 2.35 bits per heavy atom. The van der Waals surface area contributed by atoms with E-state index in [1.165, 1.54) is 0 Å². The molecule has 1 aromatic heterocycles. The van der Waals surface area contributed by atoms with Crippen molar-refractivity contribution in [3.63, 3.8) is 0 Å². The van der Waals surface area contributed by atoms with Crippen LogP contribution in [0.2, 0.25) is 0 Å². The lowest BCUT2D eigenvalue weighted by molar-refractivity contribution is -0.125. The van der Waals surface area contributed by atoms with E-state index in [0.29, 0.717) is 19.4 Å². The van der Waals surface area contributed by atoms with Gasteiger partial charge in [-0.15, -0.1) is 0 Å². The Morgan fingerprint density at radius 3 is 3.10 bits per heavy atom. The van der Waals surface area contributed by atoms with Crippen LogP contribution in [0.5, 0.6) is 0 Å². The average molecular weight is 274 g/mol. The number of aromatic amines is 1. The van der Waals surface area contributed by atoms with Gasteiger partial charge in [0, 0.05) is 18.5 Å². The van der Waals surface area contributed by atoms with Crippen LogP contribution in [0.25, 0.3) is 11.0 Å². The summed E-state index contributed by atoms with van der Waals surface area (Å²) in [5, 5.41) is 12.5. The number of rotatable bonds is 3. The fourth-order valence-corrected chi connectivity index (χ4v) is 2.69. The third kappa shape index (κ3) is 2.52. The number of nitrogens with one attached hydrogen (secondary N) is 2. The summed E-state index contributed by atoms with van der Waals surface area (Å²) in [5.41, 5.74) is 8.60. The molecule has 106 valence electrons. The fraction of sp³-hybridized carbons (Fsp3) is 0.429. The van der Waals surface area contributed by atoms with Gasteiger partial charge in [0.25, 0.3) is 0 Å². The molecule has 1 amide bonds. The first kappa shape index (κ1) is 13.1. The zero-order valence-corrected chi connectivity index (χ0v) is 11.0. The maximum atomic E-state index is 12.0. The average Bonchev–Trinajstić information content (AvgIpc) is 3.03. The smallest absolute Gasteiger partial charge is 0.223 e. The molecule has 1 heterocycles. The zero-order valence-electron chi connectivity index (χ0n) is 11.0. The zero-order chi connectivity index (χ0) is 14.1. The number of amides is 1. The number of hydrogen-bond donors (Lipinski definition) is 4. The molecule has 20 heavy (non-hydrogen) atoms. The Bertz CT molecular complexity index is 614. The van der Waals surface area contributed by atoms with E-state index in [9.17, 15) is 9.90 Å². The van der Waals surface area contributed by atoms with E-state index in [1.807, 2.05) is 18.2 Å². The molecule has 6 nitrogen and oxygen atoms in total. The number of benzene rings is 1. The van der Waals surface area contributed by atoms with Crippen LogP contribution in [-0.4, -0.2) is 33.1 Å². The number of H-pyrrole nitrogens is 1. The normalized spacial score (nSPS) is 26.0. The summed E-state index contributed by atoms with van der Waals surface area (Å²) in [4.78, 5) is 19.2. The molecule has 1 aromatic carbocycles. The molecule has 3 atom stereocenters. The molecule has 0 aliphatic heterocycles. The molecule has 1 aliphatic rings. The highest BCUT2D eigenvalue weighted by Gasteiger charge is 2.34. The Kier molecular flexibility index (Phi) is 3.42. The molecule has 2 aromatic rings. The Balaban J connectivity index is 1.60. The molecule has 1 saturated carbocycles. The lowest BCUT2D eigenvalue weighted by Gasteiger charge is -2.10. The second-order valence-corrected chi connectivity index (χ2v) is 5.37. The summed E-state index contributed by atoms with van der Waals surface area (Å²) >= 11 is 0. The van der Waals surface area contributed by atoms with Crippen molar-refractivity contribution < 1.29 is 9.90 Å². The minimum absolute atomic E-state index is 0.0401. The first-order valence-corrected chi connectivity index (χ1v) is 6.77. The van der Waals surface area contributed by atoms with E-state index >= 15 is 0 Å². The van der Waals surface area contributed by atoms with E-state index < -0.39 is 6.10 Å². The summed E-state index contributed by atoms with van der Waals surface area (Å²) in [5.74, 6) is -0.224. The van der Waals surface area contributed by atoms with Crippen LogP contribution in [0.15, 0.2) is 24.5 Å². The lowest BCUT2D eigenvalue weighted by Crippen LogP contribution is -2.30. The molecule has 0 bridgehead atoms. The number of fused-ring (bicyclic) bond motifs is 1. The van der Waals surface area contributed by atoms with Gasteiger partial charge in [0.1, 0.15) is 0 Å². The maximum Gasteiger partial charge on any atom is 0.223 e. The number of aromatic nitrogens is 2. The molecular weight excluding hydrogens is 256 g/mol. The van der Waals surface area contributed by atoms with Crippen LogP contribution in [0.3, 0.4) is 0 Å². The standard InChI is InChI=1S/C14H18N4O2/c15-10-4-9(5-13(10)19)14(20)16-6-8-1-2-11-12(3-8)18-7-17-11/h1-3,7,9-10,13,19H,4-6,15H2,(H,16,20)(H,17,18)/t9-,10+,13+/m0/s1. The van der Waals surface area contributed by atoms with Gasteiger partial charge in [-0.2, -0.15) is 0 Å². The first-order chi connectivity index (χ1) is 9.63. The Morgan fingerprint density at radius 1 is 1.50 bits per heavy atom. The highest BCUT2D eigenvalue weighted by molar-refractivity contribution is 5.79. The number of carbonyl (C=O) groups is 1. The predicted octanol–water partition coefficient (Wildman–Crippen LogP) is 0.277. The summed E-state index contributed by atoms with van der Waals surface area (Å²) in [6, 6.07) is 5.55. The maximum absolute atomic E-state index is 12.0. The van der Waals surface area contributed by atoms with Crippen molar-refractivity contribution in [2.75, 3.05) is 0 Å². The van der Waals surface area contributed by atoms with Gasteiger partial charge in [-0.05, 0) is 30.5 Å². The van der Waals surface area contributed by atoms with Gasteiger partial charge in [-0.25, -0.2) is 4.98 Å². The van der Waals surface area contributed by atoms with E-state index in [0.717, 1.165) is 16.6 Å². The first-order valence-electron chi connectivity index (χ1n) is 6.77. The largest absolute Gasteiger partial charge is 0.391 e. The van der Waals surface area contributed by atoms with E-state index in [4.69, 9.17) is 5.73 Å². The van der Waals surface area contributed by atoms with Gasteiger partial charge in [-0.1, -0.05) is 6.07 Å². The molecule has 0 saturated heterocycles. The van der Waals surface area contributed by atoms with Crippen molar-refractivity contribution in [1.29, 1.82) is 0 Å². The fourth-order valence-electron chi connectivity index (χ4n) is 2.69. The second-order valence-electron chi connectivity index (χ2n) is 5.37. The number of aliphatic hydroxyl groups excluding tert-OH is 1. The molecule has 1 fully saturated rings. The molecule has 6 heteroatoms.